The van der Waals surface area contributed by atoms with E-state index in [-0.39, 0.29) is 0 Å². The summed E-state index contributed by atoms with van der Waals surface area (Å²) >= 11 is 1.56. The highest BCUT2D eigenvalue weighted by molar-refractivity contribution is 7.21. The van der Waals surface area contributed by atoms with E-state index in [0.29, 0.717) is 11.5 Å². The van der Waals surface area contributed by atoms with Crippen molar-refractivity contribution in [1.82, 2.24) is 20.4 Å². The first kappa shape index (κ1) is 8.37. The lowest BCUT2D eigenvalue weighted by atomic mass is 10.3. The van der Waals surface area contributed by atoms with Crippen LogP contribution in [0.3, 0.4) is 0 Å². The summed E-state index contributed by atoms with van der Waals surface area (Å²) in [4.78, 5) is 4.43. The summed E-state index contributed by atoms with van der Waals surface area (Å²) in [6.07, 6.45) is 0. The Kier molecular flexibility index (Phi) is 1.69. The monoisotopic (exact) mass is 217 g/mol. The van der Waals surface area contributed by atoms with Crippen molar-refractivity contribution in [2.45, 2.75) is 0 Å². The van der Waals surface area contributed by atoms with Crippen LogP contribution >= 0.6 is 11.3 Å². The minimum Gasteiger partial charge on any atom is -0.380 e. The predicted octanol–water partition coefficient (Wildman–Crippen LogP) is 1.66. The fraction of sp³-hybridized carbons (Fsp3) is 0. The zero-order valence-corrected chi connectivity index (χ0v) is 8.45. The Hall–Kier alpha value is -1.95. The topological polar surface area (TPSA) is 80.5 Å². The van der Waals surface area contributed by atoms with Crippen LogP contribution in [0, 0.1) is 0 Å². The van der Waals surface area contributed by atoms with Gasteiger partial charge in [-0.25, -0.2) is 4.98 Å². The molecule has 2 aromatic heterocycles. The van der Waals surface area contributed by atoms with Crippen LogP contribution in [0.25, 0.3) is 20.9 Å². The highest BCUT2D eigenvalue weighted by atomic mass is 32.1. The number of fused-ring (bicyclic) bond motifs is 1. The first-order chi connectivity index (χ1) is 7.34. The summed E-state index contributed by atoms with van der Waals surface area (Å²) in [6.45, 7) is 0. The van der Waals surface area contributed by atoms with Gasteiger partial charge >= 0.3 is 0 Å². The molecule has 74 valence electrons. The zero-order chi connectivity index (χ0) is 10.3. The van der Waals surface area contributed by atoms with Gasteiger partial charge in [0.1, 0.15) is 5.01 Å². The molecule has 0 unspecified atom stereocenters. The molecule has 0 saturated carbocycles. The Morgan fingerprint density at radius 1 is 1.20 bits per heavy atom. The predicted molar refractivity (Wildman–Crippen MR) is 59.4 cm³/mol. The van der Waals surface area contributed by atoms with E-state index in [0.717, 1.165) is 15.2 Å². The molecule has 0 saturated heterocycles. The van der Waals surface area contributed by atoms with E-state index in [2.05, 4.69) is 20.4 Å². The summed E-state index contributed by atoms with van der Waals surface area (Å²) in [5.41, 5.74) is 7.24. The lowest BCUT2D eigenvalue weighted by Gasteiger charge is -1.86. The van der Waals surface area contributed by atoms with E-state index in [1.54, 1.807) is 11.3 Å². The maximum atomic E-state index is 5.66. The number of nitrogens with zero attached hydrogens (tertiary/aromatic N) is 3. The second kappa shape index (κ2) is 3.03. The summed E-state index contributed by atoms with van der Waals surface area (Å²) in [5.74, 6) is 0.383. The number of H-pyrrole nitrogens is 1. The lowest BCUT2D eigenvalue weighted by molar-refractivity contribution is 0.945. The average Bonchev–Trinajstić information content (AvgIpc) is 2.82. The van der Waals surface area contributed by atoms with Crippen molar-refractivity contribution in [2.24, 2.45) is 0 Å². The van der Waals surface area contributed by atoms with Crippen LogP contribution in [0.5, 0.6) is 0 Å². The molecule has 0 aliphatic heterocycles. The lowest BCUT2D eigenvalue weighted by Crippen LogP contribution is -1.87. The van der Waals surface area contributed by atoms with Crippen molar-refractivity contribution in [3.63, 3.8) is 0 Å². The minimum atomic E-state index is 0.383. The largest absolute Gasteiger partial charge is 0.380 e. The van der Waals surface area contributed by atoms with Gasteiger partial charge in [-0.2, -0.15) is 10.3 Å². The molecule has 5 nitrogen and oxygen atoms in total. The molecule has 0 aliphatic carbocycles. The number of para-hydroxylation sites is 1. The number of aromatic nitrogens is 4. The smallest absolute Gasteiger partial charge is 0.176 e. The van der Waals surface area contributed by atoms with Crippen molar-refractivity contribution >= 4 is 27.4 Å². The van der Waals surface area contributed by atoms with Gasteiger partial charge in [-0.1, -0.05) is 12.1 Å². The first-order valence-electron chi connectivity index (χ1n) is 4.37. The van der Waals surface area contributed by atoms with Gasteiger partial charge in [-0.05, 0) is 12.1 Å². The van der Waals surface area contributed by atoms with Crippen LogP contribution in [0.2, 0.25) is 0 Å². The number of anilines is 1. The van der Waals surface area contributed by atoms with Crippen molar-refractivity contribution in [1.29, 1.82) is 0 Å². The number of hydrogen-bond acceptors (Lipinski definition) is 5. The second-order valence-electron chi connectivity index (χ2n) is 3.04. The van der Waals surface area contributed by atoms with Gasteiger partial charge < -0.3 is 5.73 Å². The average molecular weight is 217 g/mol. The van der Waals surface area contributed by atoms with Crippen LogP contribution in [-0.2, 0) is 0 Å². The molecule has 6 heteroatoms. The molecular formula is C9H7N5S. The van der Waals surface area contributed by atoms with Crippen LogP contribution < -0.4 is 5.73 Å². The number of rotatable bonds is 1. The number of hydrogen-bond donors (Lipinski definition) is 2. The number of nitrogen functional groups attached to an aromatic ring is 1. The third kappa shape index (κ3) is 1.26. The Labute approximate surface area is 89.0 Å². The molecule has 1 aromatic carbocycles. The molecule has 0 bridgehead atoms. The normalized spacial score (nSPS) is 10.9. The molecule has 0 spiro atoms. The number of aromatic amines is 1. The van der Waals surface area contributed by atoms with Crippen molar-refractivity contribution in [3.8, 4) is 10.7 Å². The van der Waals surface area contributed by atoms with Crippen molar-refractivity contribution in [3.05, 3.63) is 24.3 Å². The number of nitrogens with one attached hydrogen (secondary N) is 1. The molecule has 3 rings (SSSR count). The molecule has 3 aromatic rings. The quantitative estimate of drug-likeness (QED) is 0.649. The molecule has 0 amide bonds. The first-order valence-corrected chi connectivity index (χ1v) is 5.18. The molecular weight excluding hydrogens is 210 g/mol. The number of thiazole rings is 1. The van der Waals surface area contributed by atoms with E-state index in [9.17, 15) is 0 Å². The maximum Gasteiger partial charge on any atom is 0.176 e. The summed E-state index contributed by atoms with van der Waals surface area (Å²) in [7, 11) is 0. The summed E-state index contributed by atoms with van der Waals surface area (Å²) in [6, 6.07) is 7.92. The summed E-state index contributed by atoms with van der Waals surface area (Å²) in [5, 5.41) is 11.0. The van der Waals surface area contributed by atoms with E-state index in [1.165, 1.54) is 0 Å². The number of benzene rings is 1. The van der Waals surface area contributed by atoms with Crippen molar-refractivity contribution < 1.29 is 0 Å². The van der Waals surface area contributed by atoms with Crippen LogP contribution in [0.4, 0.5) is 5.82 Å². The van der Waals surface area contributed by atoms with Crippen molar-refractivity contribution in [2.75, 3.05) is 5.73 Å². The van der Waals surface area contributed by atoms with Crippen LogP contribution in [-0.4, -0.2) is 20.4 Å². The zero-order valence-electron chi connectivity index (χ0n) is 7.64. The second-order valence-corrected chi connectivity index (χ2v) is 4.07. The molecule has 0 atom stereocenters. The van der Waals surface area contributed by atoms with E-state index in [1.807, 2.05) is 24.3 Å². The Bertz CT molecular complexity index is 579. The third-order valence-corrected chi connectivity index (χ3v) is 3.11. The highest BCUT2D eigenvalue weighted by Crippen LogP contribution is 2.30. The van der Waals surface area contributed by atoms with Crippen LogP contribution in [0.15, 0.2) is 24.3 Å². The van der Waals surface area contributed by atoms with Gasteiger partial charge in [0.15, 0.2) is 11.5 Å². The number of nitrogens with two attached hydrogens (primary N) is 1. The molecule has 3 N–H and O–H groups in total. The van der Waals surface area contributed by atoms with E-state index < -0.39 is 0 Å². The van der Waals surface area contributed by atoms with Crippen LogP contribution in [0.1, 0.15) is 0 Å². The fourth-order valence-electron chi connectivity index (χ4n) is 1.37. The molecule has 0 fully saturated rings. The SMILES string of the molecule is Nc1n[nH]nc1-c1nc2ccccc2s1. The van der Waals surface area contributed by atoms with Gasteiger partial charge in [-0.15, -0.1) is 16.4 Å². The summed E-state index contributed by atoms with van der Waals surface area (Å²) < 4.78 is 1.12. The van der Waals surface area contributed by atoms with Gasteiger partial charge in [0.25, 0.3) is 0 Å². The molecule has 15 heavy (non-hydrogen) atoms. The fourth-order valence-corrected chi connectivity index (χ4v) is 2.33. The van der Waals surface area contributed by atoms with Gasteiger partial charge in [0, 0.05) is 0 Å². The standard InChI is InChI=1S/C9H7N5S/c10-8-7(12-14-13-8)9-11-5-3-1-2-4-6(5)15-9/h1-4H,(H3,10,12,13,14). The maximum absolute atomic E-state index is 5.66. The molecule has 2 heterocycles. The highest BCUT2D eigenvalue weighted by Gasteiger charge is 2.11. The Morgan fingerprint density at radius 2 is 2.07 bits per heavy atom. The Balaban J connectivity index is 2.24. The van der Waals surface area contributed by atoms with Gasteiger partial charge in [0.2, 0.25) is 0 Å². The molecule has 0 radical (unpaired) electrons. The van der Waals surface area contributed by atoms with E-state index in [4.69, 9.17) is 5.73 Å². The minimum absolute atomic E-state index is 0.383. The van der Waals surface area contributed by atoms with Gasteiger partial charge in [0.05, 0.1) is 10.2 Å². The molecule has 0 aliphatic rings. The van der Waals surface area contributed by atoms with E-state index >= 15 is 0 Å². The Morgan fingerprint density at radius 3 is 2.80 bits per heavy atom. The third-order valence-electron chi connectivity index (χ3n) is 2.07. The van der Waals surface area contributed by atoms with Gasteiger partial charge in [-0.3, -0.25) is 0 Å².